The minimum Gasteiger partial charge on any atom is -0.354 e. The van der Waals surface area contributed by atoms with Gasteiger partial charge in [-0.05, 0) is 30.3 Å². The number of nitrogens with one attached hydrogen (secondary N) is 1. The quantitative estimate of drug-likeness (QED) is 0.529. The van der Waals surface area contributed by atoms with Gasteiger partial charge in [0.25, 0.3) is 0 Å². The smallest absolute Gasteiger partial charge is 0.214 e. The van der Waals surface area contributed by atoms with Gasteiger partial charge < -0.3 is 5.32 Å². The number of nitrogens with zero attached hydrogens (tertiary/aromatic N) is 6. The standard InChI is InChI=1S/C17H12FN7S/c18-12-3-1-11(2-4-12)14-10-24-17(22-14)26-16(23-24)20-9-13-5-7-19-15-6-8-21-25(13)15/h1-8,10H,9H2,(H,20,23). The molecule has 0 aliphatic rings. The lowest BCUT2D eigenvalue weighted by Gasteiger charge is -2.04. The molecule has 26 heavy (non-hydrogen) atoms. The van der Waals surface area contributed by atoms with Gasteiger partial charge in [0.15, 0.2) is 5.65 Å². The largest absolute Gasteiger partial charge is 0.354 e. The van der Waals surface area contributed by atoms with Crippen molar-refractivity contribution in [2.75, 3.05) is 5.32 Å². The molecule has 0 aliphatic heterocycles. The first kappa shape index (κ1) is 15.0. The number of benzene rings is 1. The van der Waals surface area contributed by atoms with E-state index in [2.05, 4.69) is 25.5 Å². The van der Waals surface area contributed by atoms with Crippen LogP contribution < -0.4 is 5.32 Å². The van der Waals surface area contributed by atoms with Gasteiger partial charge in [-0.1, -0.05) is 11.3 Å². The number of anilines is 1. The third-order valence-electron chi connectivity index (χ3n) is 3.97. The second-order valence-electron chi connectivity index (χ2n) is 5.66. The van der Waals surface area contributed by atoms with E-state index in [9.17, 15) is 4.39 Å². The number of imidazole rings is 1. The molecule has 4 aromatic heterocycles. The molecule has 0 saturated heterocycles. The first-order chi connectivity index (χ1) is 12.8. The van der Waals surface area contributed by atoms with Gasteiger partial charge in [-0.15, -0.1) is 5.10 Å². The number of rotatable bonds is 4. The fourth-order valence-electron chi connectivity index (χ4n) is 2.72. The zero-order valence-electron chi connectivity index (χ0n) is 13.4. The van der Waals surface area contributed by atoms with Crippen LogP contribution in [0, 0.1) is 5.82 Å². The molecule has 7 nitrogen and oxygen atoms in total. The Morgan fingerprint density at radius 1 is 1.08 bits per heavy atom. The SMILES string of the molecule is Fc1ccc(-c2cn3nc(NCc4ccnc5ccnn45)sc3n2)cc1. The van der Waals surface area contributed by atoms with Crippen molar-refractivity contribution in [1.29, 1.82) is 0 Å². The first-order valence-corrected chi connectivity index (χ1v) is 8.71. The van der Waals surface area contributed by atoms with Crippen LogP contribution in [0.4, 0.5) is 9.52 Å². The van der Waals surface area contributed by atoms with E-state index in [1.807, 2.05) is 18.3 Å². The average Bonchev–Trinajstić information content (AvgIpc) is 3.35. The van der Waals surface area contributed by atoms with Gasteiger partial charge in [-0.3, -0.25) is 0 Å². The van der Waals surface area contributed by atoms with Crippen molar-refractivity contribution in [2.45, 2.75) is 6.54 Å². The number of hydrogen-bond donors (Lipinski definition) is 1. The van der Waals surface area contributed by atoms with E-state index in [0.717, 1.165) is 32.7 Å². The summed E-state index contributed by atoms with van der Waals surface area (Å²) in [5.74, 6) is -0.262. The Balaban J connectivity index is 1.38. The highest BCUT2D eigenvalue weighted by Gasteiger charge is 2.10. The number of hydrogen-bond acceptors (Lipinski definition) is 6. The number of halogens is 1. The van der Waals surface area contributed by atoms with Crippen LogP contribution in [0.25, 0.3) is 21.9 Å². The van der Waals surface area contributed by atoms with E-state index in [0.29, 0.717) is 6.54 Å². The first-order valence-electron chi connectivity index (χ1n) is 7.90. The van der Waals surface area contributed by atoms with Crippen LogP contribution in [-0.2, 0) is 6.54 Å². The summed E-state index contributed by atoms with van der Waals surface area (Å²) in [6.07, 6.45) is 5.32. The minimum absolute atomic E-state index is 0.262. The second-order valence-corrected chi connectivity index (χ2v) is 6.61. The lowest BCUT2D eigenvalue weighted by Crippen LogP contribution is -2.06. The molecule has 0 spiro atoms. The van der Waals surface area contributed by atoms with Crippen molar-refractivity contribution in [3.05, 3.63) is 66.5 Å². The number of aromatic nitrogens is 6. The van der Waals surface area contributed by atoms with E-state index in [1.54, 1.807) is 33.6 Å². The molecule has 1 N–H and O–H groups in total. The van der Waals surface area contributed by atoms with E-state index >= 15 is 0 Å². The minimum atomic E-state index is -0.262. The molecule has 128 valence electrons. The van der Waals surface area contributed by atoms with Crippen LogP contribution in [0.5, 0.6) is 0 Å². The highest BCUT2D eigenvalue weighted by molar-refractivity contribution is 7.20. The fourth-order valence-corrected chi connectivity index (χ4v) is 3.49. The summed E-state index contributed by atoms with van der Waals surface area (Å²) in [5, 5.41) is 12.8. The molecule has 0 saturated carbocycles. The Bertz CT molecular complexity index is 1170. The topological polar surface area (TPSA) is 72.4 Å². The lowest BCUT2D eigenvalue weighted by atomic mass is 10.2. The van der Waals surface area contributed by atoms with Crippen molar-refractivity contribution < 1.29 is 4.39 Å². The summed E-state index contributed by atoms with van der Waals surface area (Å²) in [6.45, 7) is 0.572. The summed E-state index contributed by atoms with van der Waals surface area (Å²) in [4.78, 5) is 9.58. The molecular weight excluding hydrogens is 353 g/mol. The van der Waals surface area contributed by atoms with Crippen molar-refractivity contribution in [1.82, 2.24) is 29.2 Å². The molecule has 0 atom stereocenters. The van der Waals surface area contributed by atoms with E-state index < -0.39 is 0 Å². The van der Waals surface area contributed by atoms with Crippen LogP contribution in [0.1, 0.15) is 5.69 Å². The molecule has 5 aromatic rings. The molecule has 0 unspecified atom stereocenters. The molecule has 0 radical (unpaired) electrons. The summed E-state index contributed by atoms with van der Waals surface area (Å²) in [5.41, 5.74) is 3.42. The van der Waals surface area contributed by atoms with Crippen molar-refractivity contribution >= 4 is 27.1 Å². The average molecular weight is 365 g/mol. The van der Waals surface area contributed by atoms with Crippen LogP contribution in [-0.4, -0.2) is 29.2 Å². The van der Waals surface area contributed by atoms with E-state index in [1.165, 1.54) is 23.5 Å². The zero-order chi connectivity index (χ0) is 17.5. The summed E-state index contributed by atoms with van der Waals surface area (Å²) in [6, 6.07) is 10.0. The predicted octanol–water partition coefficient (Wildman–Crippen LogP) is 3.25. The molecule has 0 amide bonds. The molecular formula is C17H12FN7S. The monoisotopic (exact) mass is 365 g/mol. The Hall–Kier alpha value is -3.33. The molecule has 0 aliphatic carbocycles. The summed E-state index contributed by atoms with van der Waals surface area (Å²) in [7, 11) is 0. The van der Waals surface area contributed by atoms with Gasteiger partial charge in [0.1, 0.15) is 5.82 Å². The maximum absolute atomic E-state index is 13.0. The lowest BCUT2D eigenvalue weighted by molar-refractivity contribution is 0.628. The van der Waals surface area contributed by atoms with E-state index in [-0.39, 0.29) is 5.82 Å². The van der Waals surface area contributed by atoms with Crippen molar-refractivity contribution in [2.24, 2.45) is 0 Å². The maximum atomic E-state index is 13.0. The Kier molecular flexibility index (Phi) is 3.39. The van der Waals surface area contributed by atoms with Crippen LogP contribution >= 0.6 is 11.3 Å². The summed E-state index contributed by atoms with van der Waals surface area (Å²) >= 11 is 1.45. The van der Waals surface area contributed by atoms with Crippen LogP contribution in [0.2, 0.25) is 0 Å². The van der Waals surface area contributed by atoms with Crippen LogP contribution in [0.15, 0.2) is 55.0 Å². The predicted molar refractivity (Wildman–Crippen MR) is 96.6 cm³/mol. The van der Waals surface area contributed by atoms with Gasteiger partial charge in [0, 0.05) is 17.8 Å². The van der Waals surface area contributed by atoms with Gasteiger partial charge in [-0.2, -0.15) is 5.10 Å². The van der Waals surface area contributed by atoms with E-state index in [4.69, 9.17) is 0 Å². The Morgan fingerprint density at radius 2 is 1.96 bits per heavy atom. The van der Waals surface area contributed by atoms with Crippen LogP contribution in [0.3, 0.4) is 0 Å². The zero-order valence-corrected chi connectivity index (χ0v) is 14.2. The van der Waals surface area contributed by atoms with Gasteiger partial charge in [0.05, 0.1) is 30.3 Å². The third-order valence-corrected chi connectivity index (χ3v) is 4.85. The van der Waals surface area contributed by atoms with Gasteiger partial charge in [0.2, 0.25) is 10.1 Å². The number of fused-ring (bicyclic) bond motifs is 2. The highest BCUT2D eigenvalue weighted by Crippen LogP contribution is 2.25. The fraction of sp³-hybridized carbons (Fsp3) is 0.0588. The molecule has 0 bridgehead atoms. The molecule has 0 fully saturated rings. The third kappa shape index (κ3) is 2.58. The maximum Gasteiger partial charge on any atom is 0.214 e. The van der Waals surface area contributed by atoms with Gasteiger partial charge in [-0.25, -0.2) is 23.4 Å². The Morgan fingerprint density at radius 3 is 2.81 bits per heavy atom. The Labute approximate surface area is 150 Å². The highest BCUT2D eigenvalue weighted by atomic mass is 32.1. The molecule has 9 heteroatoms. The van der Waals surface area contributed by atoms with Crippen molar-refractivity contribution in [3.63, 3.8) is 0 Å². The normalized spacial score (nSPS) is 11.4. The second kappa shape index (κ2) is 5.88. The molecule has 1 aromatic carbocycles. The van der Waals surface area contributed by atoms with Gasteiger partial charge >= 0.3 is 0 Å². The van der Waals surface area contributed by atoms with Crippen molar-refractivity contribution in [3.8, 4) is 11.3 Å². The molecule has 4 heterocycles. The molecule has 5 rings (SSSR count). The summed E-state index contributed by atoms with van der Waals surface area (Å²) < 4.78 is 16.6.